The molecule has 1 heterocycles. The standard InChI is InChI=1S/C14H15FN2O2/c1-8-5-4-6-11(13(8)15)14(18)16-7-12-9(2)17-19-10(12)3/h4-6H,7H2,1-3H3,(H,16,18). The summed E-state index contributed by atoms with van der Waals surface area (Å²) in [4.78, 5) is 11.9. The molecule has 0 radical (unpaired) electrons. The molecule has 2 aromatic rings. The molecule has 0 bridgehead atoms. The molecule has 1 aromatic heterocycles. The number of halogens is 1. The molecule has 5 heteroatoms. The number of aromatic nitrogens is 1. The number of carbonyl (C=O) groups is 1. The summed E-state index contributed by atoms with van der Waals surface area (Å²) in [6, 6.07) is 4.74. The average molecular weight is 262 g/mol. The second kappa shape index (κ2) is 5.22. The third-order valence-corrected chi connectivity index (χ3v) is 3.04. The van der Waals surface area contributed by atoms with Crippen molar-refractivity contribution >= 4 is 5.91 Å². The second-order valence-corrected chi connectivity index (χ2v) is 4.42. The summed E-state index contributed by atoms with van der Waals surface area (Å²) in [6.45, 7) is 5.47. The lowest BCUT2D eigenvalue weighted by molar-refractivity contribution is 0.0946. The molecular formula is C14H15FN2O2. The molecule has 0 fully saturated rings. The van der Waals surface area contributed by atoms with Crippen LogP contribution in [0.15, 0.2) is 22.7 Å². The van der Waals surface area contributed by atoms with Crippen molar-refractivity contribution in [2.45, 2.75) is 27.3 Å². The molecule has 19 heavy (non-hydrogen) atoms. The van der Waals surface area contributed by atoms with Gasteiger partial charge in [-0.15, -0.1) is 0 Å². The van der Waals surface area contributed by atoms with Crippen molar-refractivity contribution < 1.29 is 13.7 Å². The van der Waals surface area contributed by atoms with E-state index in [2.05, 4.69) is 10.5 Å². The zero-order valence-corrected chi connectivity index (χ0v) is 11.1. The minimum Gasteiger partial charge on any atom is -0.361 e. The highest BCUT2D eigenvalue weighted by Gasteiger charge is 2.15. The molecular weight excluding hydrogens is 247 g/mol. The van der Waals surface area contributed by atoms with E-state index in [-0.39, 0.29) is 12.1 Å². The highest BCUT2D eigenvalue weighted by Crippen LogP contribution is 2.14. The second-order valence-electron chi connectivity index (χ2n) is 4.42. The highest BCUT2D eigenvalue weighted by atomic mass is 19.1. The Balaban J connectivity index is 2.12. The Morgan fingerprint density at radius 1 is 1.37 bits per heavy atom. The zero-order valence-electron chi connectivity index (χ0n) is 11.1. The predicted molar refractivity (Wildman–Crippen MR) is 68.3 cm³/mol. The van der Waals surface area contributed by atoms with E-state index in [1.165, 1.54) is 6.07 Å². The summed E-state index contributed by atoms with van der Waals surface area (Å²) in [7, 11) is 0. The van der Waals surface area contributed by atoms with Gasteiger partial charge >= 0.3 is 0 Å². The van der Waals surface area contributed by atoms with Gasteiger partial charge in [-0.2, -0.15) is 0 Å². The van der Waals surface area contributed by atoms with Crippen LogP contribution in [0.1, 0.15) is 32.9 Å². The quantitative estimate of drug-likeness (QED) is 0.925. The molecule has 0 aliphatic carbocycles. The van der Waals surface area contributed by atoms with Gasteiger partial charge in [-0.1, -0.05) is 17.3 Å². The van der Waals surface area contributed by atoms with Gasteiger partial charge in [0.2, 0.25) is 0 Å². The van der Waals surface area contributed by atoms with Crippen molar-refractivity contribution in [2.24, 2.45) is 0 Å². The van der Waals surface area contributed by atoms with Crippen LogP contribution in [0, 0.1) is 26.6 Å². The summed E-state index contributed by atoms with van der Waals surface area (Å²) in [5, 5.41) is 6.47. The maximum absolute atomic E-state index is 13.8. The number of aryl methyl sites for hydroxylation is 3. The molecule has 1 amide bonds. The number of rotatable bonds is 3. The topological polar surface area (TPSA) is 55.1 Å². The monoisotopic (exact) mass is 262 g/mol. The fourth-order valence-electron chi connectivity index (χ4n) is 1.84. The van der Waals surface area contributed by atoms with E-state index >= 15 is 0 Å². The number of nitrogens with zero attached hydrogens (tertiary/aromatic N) is 1. The van der Waals surface area contributed by atoms with Crippen LogP contribution in [0.25, 0.3) is 0 Å². The Hall–Kier alpha value is -2.17. The summed E-state index contributed by atoms with van der Waals surface area (Å²) in [5.41, 5.74) is 2.04. The Bertz CT molecular complexity index is 600. The molecule has 0 unspecified atom stereocenters. The molecule has 0 spiro atoms. The first kappa shape index (κ1) is 13.3. The largest absolute Gasteiger partial charge is 0.361 e. The van der Waals surface area contributed by atoms with Gasteiger partial charge in [0.05, 0.1) is 11.3 Å². The average Bonchev–Trinajstić information content (AvgIpc) is 2.70. The van der Waals surface area contributed by atoms with Crippen LogP contribution >= 0.6 is 0 Å². The first-order valence-electron chi connectivity index (χ1n) is 5.95. The maximum Gasteiger partial charge on any atom is 0.254 e. The van der Waals surface area contributed by atoms with E-state index in [1.807, 2.05) is 0 Å². The van der Waals surface area contributed by atoms with Crippen molar-refractivity contribution in [3.63, 3.8) is 0 Å². The van der Waals surface area contributed by atoms with Crippen molar-refractivity contribution in [1.29, 1.82) is 0 Å². The first-order chi connectivity index (χ1) is 9.00. The summed E-state index contributed by atoms with van der Waals surface area (Å²) < 4.78 is 18.8. The van der Waals surface area contributed by atoms with Crippen molar-refractivity contribution in [2.75, 3.05) is 0 Å². The number of benzene rings is 1. The smallest absolute Gasteiger partial charge is 0.254 e. The SMILES string of the molecule is Cc1cccc(C(=O)NCc2c(C)noc2C)c1F. The normalized spacial score (nSPS) is 10.5. The van der Waals surface area contributed by atoms with Gasteiger partial charge in [-0.3, -0.25) is 4.79 Å². The molecule has 1 N–H and O–H groups in total. The van der Waals surface area contributed by atoms with Gasteiger partial charge in [-0.25, -0.2) is 4.39 Å². The van der Waals surface area contributed by atoms with Gasteiger partial charge in [0.15, 0.2) is 0 Å². The number of hydrogen-bond acceptors (Lipinski definition) is 3. The van der Waals surface area contributed by atoms with Crippen LogP contribution in [0.2, 0.25) is 0 Å². The maximum atomic E-state index is 13.8. The minimum absolute atomic E-state index is 0.0479. The molecule has 0 saturated heterocycles. The first-order valence-corrected chi connectivity index (χ1v) is 5.95. The van der Waals surface area contributed by atoms with Gasteiger partial charge in [0.25, 0.3) is 5.91 Å². The zero-order chi connectivity index (χ0) is 14.0. The van der Waals surface area contributed by atoms with E-state index < -0.39 is 11.7 Å². The molecule has 1 aromatic carbocycles. The fraction of sp³-hybridized carbons (Fsp3) is 0.286. The third kappa shape index (κ3) is 2.65. The van der Waals surface area contributed by atoms with Crippen molar-refractivity contribution in [3.05, 3.63) is 52.2 Å². The molecule has 0 atom stereocenters. The van der Waals surface area contributed by atoms with Crippen LogP contribution in [-0.4, -0.2) is 11.1 Å². The van der Waals surface area contributed by atoms with Gasteiger partial charge in [0, 0.05) is 12.1 Å². The van der Waals surface area contributed by atoms with Gasteiger partial charge in [0.1, 0.15) is 11.6 Å². The molecule has 100 valence electrons. The Kier molecular flexibility index (Phi) is 3.64. The Morgan fingerprint density at radius 3 is 2.74 bits per heavy atom. The minimum atomic E-state index is -0.487. The lowest BCUT2D eigenvalue weighted by Gasteiger charge is -2.07. The van der Waals surface area contributed by atoms with E-state index in [1.54, 1.807) is 32.9 Å². The predicted octanol–water partition coefficient (Wildman–Crippen LogP) is 2.67. The third-order valence-electron chi connectivity index (χ3n) is 3.04. The van der Waals surface area contributed by atoms with E-state index in [4.69, 9.17) is 4.52 Å². The Morgan fingerprint density at radius 2 is 2.11 bits per heavy atom. The molecule has 4 nitrogen and oxygen atoms in total. The van der Waals surface area contributed by atoms with Crippen molar-refractivity contribution in [1.82, 2.24) is 10.5 Å². The summed E-state index contributed by atoms with van der Waals surface area (Å²) in [6.07, 6.45) is 0. The molecule has 0 saturated carbocycles. The number of hydrogen-bond donors (Lipinski definition) is 1. The lowest BCUT2D eigenvalue weighted by Crippen LogP contribution is -2.24. The van der Waals surface area contributed by atoms with Crippen LogP contribution < -0.4 is 5.32 Å². The number of carbonyl (C=O) groups excluding carboxylic acids is 1. The Labute approximate surface area is 110 Å². The summed E-state index contributed by atoms with van der Waals surface area (Å²) in [5.74, 6) is -0.275. The summed E-state index contributed by atoms with van der Waals surface area (Å²) >= 11 is 0. The van der Waals surface area contributed by atoms with Gasteiger partial charge < -0.3 is 9.84 Å². The lowest BCUT2D eigenvalue weighted by atomic mass is 10.1. The molecule has 2 rings (SSSR count). The number of nitrogens with one attached hydrogen (secondary N) is 1. The van der Waals surface area contributed by atoms with E-state index in [9.17, 15) is 9.18 Å². The van der Waals surface area contributed by atoms with Gasteiger partial charge in [-0.05, 0) is 32.4 Å². The fourth-order valence-corrected chi connectivity index (χ4v) is 1.84. The van der Waals surface area contributed by atoms with E-state index in [0.29, 0.717) is 11.3 Å². The van der Waals surface area contributed by atoms with Crippen LogP contribution in [0.5, 0.6) is 0 Å². The van der Waals surface area contributed by atoms with E-state index in [0.717, 1.165) is 11.3 Å². The van der Waals surface area contributed by atoms with Crippen LogP contribution in [-0.2, 0) is 6.54 Å². The van der Waals surface area contributed by atoms with Crippen LogP contribution in [0.3, 0.4) is 0 Å². The highest BCUT2D eigenvalue weighted by molar-refractivity contribution is 5.94. The molecule has 0 aliphatic rings. The van der Waals surface area contributed by atoms with Crippen LogP contribution in [0.4, 0.5) is 4.39 Å². The molecule has 0 aliphatic heterocycles. The number of amides is 1. The van der Waals surface area contributed by atoms with Crippen molar-refractivity contribution in [3.8, 4) is 0 Å².